The third-order valence-corrected chi connectivity index (χ3v) is 2.25. The van der Waals surface area contributed by atoms with Crippen LogP contribution in [-0.2, 0) is 6.42 Å². The van der Waals surface area contributed by atoms with Crippen LogP contribution in [0, 0.1) is 5.92 Å². The summed E-state index contributed by atoms with van der Waals surface area (Å²) in [4.78, 5) is 18.5. The van der Waals surface area contributed by atoms with Crippen molar-refractivity contribution >= 4 is 0 Å². The lowest BCUT2D eigenvalue weighted by atomic mass is 10.1. The van der Waals surface area contributed by atoms with Gasteiger partial charge in [0.1, 0.15) is 5.82 Å². The molecule has 1 aromatic rings. The van der Waals surface area contributed by atoms with Gasteiger partial charge in [0.05, 0.1) is 0 Å². The van der Waals surface area contributed by atoms with Crippen LogP contribution in [0.3, 0.4) is 0 Å². The number of hydrogen-bond acceptors (Lipinski definition) is 3. The minimum atomic E-state index is -0.0871. The number of nitrogens with two attached hydrogens (primary N) is 1. The molecule has 0 radical (unpaired) electrons. The standard InChI is InChI=1S/C11H19N3O/c1-7(2)4-9-5-10(15)14-11(13-9)8(3)6-12/h5,7-8H,4,6,12H2,1-3H3,(H,13,14,15). The molecule has 84 valence electrons. The zero-order valence-corrected chi connectivity index (χ0v) is 9.58. The van der Waals surface area contributed by atoms with Crippen molar-refractivity contribution in [1.82, 2.24) is 9.97 Å². The van der Waals surface area contributed by atoms with Gasteiger partial charge in [0, 0.05) is 24.2 Å². The molecule has 4 heteroatoms. The second-order valence-corrected chi connectivity index (χ2v) is 4.36. The SMILES string of the molecule is CC(C)Cc1cc(=O)[nH]c(C(C)CN)n1. The molecule has 0 aliphatic heterocycles. The van der Waals surface area contributed by atoms with E-state index in [1.165, 1.54) is 0 Å². The molecule has 3 N–H and O–H groups in total. The lowest BCUT2D eigenvalue weighted by Crippen LogP contribution is -2.19. The van der Waals surface area contributed by atoms with Crippen molar-refractivity contribution in [1.29, 1.82) is 0 Å². The molecule has 0 aliphatic carbocycles. The Kier molecular flexibility index (Phi) is 4.03. The number of hydrogen-bond donors (Lipinski definition) is 2. The van der Waals surface area contributed by atoms with Crippen molar-refractivity contribution in [3.63, 3.8) is 0 Å². The highest BCUT2D eigenvalue weighted by atomic mass is 16.1. The number of aromatic amines is 1. The lowest BCUT2D eigenvalue weighted by Gasteiger charge is -2.10. The number of aromatic nitrogens is 2. The van der Waals surface area contributed by atoms with Gasteiger partial charge in [-0.1, -0.05) is 20.8 Å². The second-order valence-electron chi connectivity index (χ2n) is 4.36. The first kappa shape index (κ1) is 11.9. The van der Waals surface area contributed by atoms with Gasteiger partial charge in [0.15, 0.2) is 0 Å². The van der Waals surface area contributed by atoms with E-state index in [1.54, 1.807) is 6.07 Å². The molecule has 15 heavy (non-hydrogen) atoms. The van der Waals surface area contributed by atoms with Crippen molar-refractivity contribution < 1.29 is 0 Å². The van der Waals surface area contributed by atoms with E-state index < -0.39 is 0 Å². The third-order valence-electron chi connectivity index (χ3n) is 2.25. The Labute approximate surface area is 89.9 Å². The van der Waals surface area contributed by atoms with Gasteiger partial charge >= 0.3 is 0 Å². The molecule has 4 nitrogen and oxygen atoms in total. The summed E-state index contributed by atoms with van der Waals surface area (Å²) in [6, 6.07) is 1.56. The summed E-state index contributed by atoms with van der Waals surface area (Å²) in [5.74, 6) is 1.30. The summed E-state index contributed by atoms with van der Waals surface area (Å²) in [7, 11) is 0. The minimum absolute atomic E-state index is 0.0871. The van der Waals surface area contributed by atoms with Crippen molar-refractivity contribution in [2.45, 2.75) is 33.1 Å². The first-order valence-corrected chi connectivity index (χ1v) is 5.33. The Morgan fingerprint density at radius 1 is 1.47 bits per heavy atom. The first-order chi connectivity index (χ1) is 7.02. The molecule has 1 rings (SSSR count). The molecule has 0 bridgehead atoms. The molecule has 0 saturated heterocycles. The predicted octanol–water partition coefficient (Wildman–Crippen LogP) is 1.03. The molecule has 0 spiro atoms. The second kappa shape index (κ2) is 5.07. The molecule has 0 aromatic carbocycles. The fourth-order valence-electron chi connectivity index (χ4n) is 1.40. The highest BCUT2D eigenvalue weighted by Crippen LogP contribution is 2.08. The van der Waals surface area contributed by atoms with Crippen LogP contribution in [0.4, 0.5) is 0 Å². The van der Waals surface area contributed by atoms with E-state index in [1.807, 2.05) is 6.92 Å². The summed E-state index contributed by atoms with van der Waals surface area (Å²) in [5.41, 5.74) is 6.31. The summed E-state index contributed by atoms with van der Waals surface area (Å²) < 4.78 is 0. The quantitative estimate of drug-likeness (QED) is 0.778. The monoisotopic (exact) mass is 209 g/mol. The van der Waals surface area contributed by atoms with Gasteiger partial charge in [-0.15, -0.1) is 0 Å². The van der Waals surface area contributed by atoms with Gasteiger partial charge in [-0.2, -0.15) is 0 Å². The average Bonchev–Trinajstić information content (AvgIpc) is 2.14. The van der Waals surface area contributed by atoms with Crippen molar-refractivity contribution in [3.05, 3.63) is 27.9 Å². The van der Waals surface area contributed by atoms with Crippen LogP contribution in [0.5, 0.6) is 0 Å². The average molecular weight is 209 g/mol. The highest BCUT2D eigenvalue weighted by Gasteiger charge is 2.08. The fraction of sp³-hybridized carbons (Fsp3) is 0.636. The topological polar surface area (TPSA) is 71.8 Å². The van der Waals surface area contributed by atoms with Crippen molar-refractivity contribution in [2.75, 3.05) is 6.54 Å². The van der Waals surface area contributed by atoms with Gasteiger partial charge in [-0.3, -0.25) is 4.79 Å². The van der Waals surface area contributed by atoms with Crippen molar-refractivity contribution in [3.8, 4) is 0 Å². The number of nitrogens with zero attached hydrogens (tertiary/aromatic N) is 1. The maximum absolute atomic E-state index is 11.4. The molecule has 1 heterocycles. The van der Waals surface area contributed by atoms with Gasteiger partial charge in [-0.05, 0) is 12.3 Å². The van der Waals surface area contributed by atoms with Crippen LogP contribution >= 0.6 is 0 Å². The predicted molar refractivity (Wildman–Crippen MR) is 60.9 cm³/mol. The molecule has 1 atom stereocenters. The van der Waals surface area contributed by atoms with E-state index in [4.69, 9.17) is 5.73 Å². The highest BCUT2D eigenvalue weighted by molar-refractivity contribution is 5.06. The van der Waals surface area contributed by atoms with E-state index in [0.717, 1.165) is 12.1 Å². The summed E-state index contributed by atoms with van der Waals surface area (Å²) >= 11 is 0. The Balaban J connectivity index is 3.00. The summed E-state index contributed by atoms with van der Waals surface area (Å²) in [6.07, 6.45) is 0.828. The Morgan fingerprint density at radius 2 is 2.13 bits per heavy atom. The van der Waals surface area contributed by atoms with Crippen LogP contribution in [-0.4, -0.2) is 16.5 Å². The van der Waals surface area contributed by atoms with E-state index in [0.29, 0.717) is 18.3 Å². The first-order valence-electron chi connectivity index (χ1n) is 5.33. The zero-order valence-electron chi connectivity index (χ0n) is 9.58. The molecule has 1 aromatic heterocycles. The molecule has 0 saturated carbocycles. The number of rotatable bonds is 4. The van der Waals surface area contributed by atoms with Crippen LogP contribution in [0.25, 0.3) is 0 Å². The van der Waals surface area contributed by atoms with Crippen LogP contribution in [0.1, 0.15) is 38.2 Å². The number of nitrogens with one attached hydrogen (secondary N) is 1. The molecule has 0 amide bonds. The summed E-state index contributed by atoms with van der Waals surface area (Å²) in [5, 5.41) is 0. The Hall–Kier alpha value is -1.16. The minimum Gasteiger partial charge on any atom is -0.330 e. The van der Waals surface area contributed by atoms with Gasteiger partial charge < -0.3 is 10.7 Å². The molecule has 0 aliphatic rings. The Morgan fingerprint density at radius 3 is 2.67 bits per heavy atom. The zero-order chi connectivity index (χ0) is 11.4. The molecule has 0 fully saturated rings. The van der Waals surface area contributed by atoms with Crippen LogP contribution in [0.15, 0.2) is 10.9 Å². The maximum Gasteiger partial charge on any atom is 0.251 e. The lowest BCUT2D eigenvalue weighted by molar-refractivity contribution is 0.619. The summed E-state index contributed by atoms with van der Waals surface area (Å²) in [6.45, 7) is 6.66. The smallest absolute Gasteiger partial charge is 0.251 e. The van der Waals surface area contributed by atoms with Gasteiger partial charge in [-0.25, -0.2) is 4.98 Å². The molecule has 1 unspecified atom stereocenters. The number of H-pyrrole nitrogens is 1. The fourth-order valence-corrected chi connectivity index (χ4v) is 1.40. The van der Waals surface area contributed by atoms with Gasteiger partial charge in [0.2, 0.25) is 0 Å². The maximum atomic E-state index is 11.4. The third kappa shape index (κ3) is 3.47. The van der Waals surface area contributed by atoms with Crippen molar-refractivity contribution in [2.24, 2.45) is 11.7 Å². The van der Waals surface area contributed by atoms with E-state index in [9.17, 15) is 4.79 Å². The van der Waals surface area contributed by atoms with E-state index >= 15 is 0 Å². The van der Waals surface area contributed by atoms with Crippen LogP contribution in [0.2, 0.25) is 0 Å². The van der Waals surface area contributed by atoms with E-state index in [2.05, 4.69) is 23.8 Å². The Bertz CT molecular complexity index is 370. The van der Waals surface area contributed by atoms with Gasteiger partial charge in [0.25, 0.3) is 5.56 Å². The molecular formula is C11H19N3O. The van der Waals surface area contributed by atoms with E-state index in [-0.39, 0.29) is 11.5 Å². The normalized spacial score (nSPS) is 13.1. The van der Waals surface area contributed by atoms with Crippen LogP contribution < -0.4 is 11.3 Å². The largest absolute Gasteiger partial charge is 0.330 e. The molecular weight excluding hydrogens is 190 g/mol.